The summed E-state index contributed by atoms with van der Waals surface area (Å²) >= 11 is 0. The lowest BCUT2D eigenvalue weighted by atomic mass is 9.94. The van der Waals surface area contributed by atoms with Crippen LogP contribution in [0.15, 0.2) is 213 Å². The zero-order valence-electron chi connectivity index (χ0n) is 32.4. The molecule has 0 spiro atoms. The van der Waals surface area contributed by atoms with Crippen molar-refractivity contribution in [3.05, 3.63) is 213 Å². The van der Waals surface area contributed by atoms with E-state index in [4.69, 9.17) is 9.97 Å². The summed E-state index contributed by atoms with van der Waals surface area (Å²) in [5.41, 5.74) is 13.6. The summed E-state index contributed by atoms with van der Waals surface area (Å²) < 4.78 is 4.80. The fraction of sp³-hybridized carbons (Fsp3) is 0. The Balaban J connectivity index is 1.16. The van der Waals surface area contributed by atoms with Gasteiger partial charge in [0.1, 0.15) is 0 Å². The van der Waals surface area contributed by atoms with E-state index in [2.05, 4.69) is 190 Å². The lowest BCUT2D eigenvalue weighted by Crippen LogP contribution is -2.02. The molecule has 280 valence electrons. The van der Waals surface area contributed by atoms with Gasteiger partial charge in [0.15, 0.2) is 5.82 Å². The molecule has 0 unspecified atom stereocenters. The van der Waals surface area contributed by atoms with Gasteiger partial charge in [-0.2, -0.15) is 0 Å². The molecule has 0 N–H and O–H groups in total. The number of benzene rings is 8. The molecule has 0 fully saturated rings. The summed E-state index contributed by atoms with van der Waals surface area (Å²) in [7, 11) is 0. The Labute approximate surface area is 346 Å². The van der Waals surface area contributed by atoms with Gasteiger partial charge in [-0.1, -0.05) is 146 Å². The van der Waals surface area contributed by atoms with E-state index in [0.717, 1.165) is 83.4 Å². The molecule has 5 heteroatoms. The van der Waals surface area contributed by atoms with Crippen molar-refractivity contribution in [3.63, 3.8) is 0 Å². The molecule has 0 radical (unpaired) electrons. The van der Waals surface area contributed by atoms with E-state index < -0.39 is 0 Å². The molecule has 0 aliphatic rings. The Bertz CT molecular complexity index is 3360. The van der Waals surface area contributed by atoms with Gasteiger partial charge in [-0.3, -0.25) is 4.98 Å². The first-order chi connectivity index (χ1) is 29.8. The van der Waals surface area contributed by atoms with Gasteiger partial charge in [0, 0.05) is 67.6 Å². The van der Waals surface area contributed by atoms with Crippen LogP contribution in [0.25, 0.3) is 111 Å². The fourth-order valence-electron chi connectivity index (χ4n) is 9.15. The van der Waals surface area contributed by atoms with E-state index in [0.29, 0.717) is 5.82 Å². The minimum absolute atomic E-state index is 0.671. The Morgan fingerprint density at radius 3 is 1.30 bits per heavy atom. The number of pyridine rings is 1. The van der Waals surface area contributed by atoms with Gasteiger partial charge in [-0.05, 0) is 70.9 Å². The molecule has 0 saturated heterocycles. The van der Waals surface area contributed by atoms with Crippen molar-refractivity contribution >= 4 is 54.4 Å². The van der Waals surface area contributed by atoms with Crippen molar-refractivity contribution in [2.45, 2.75) is 0 Å². The third-order valence-corrected chi connectivity index (χ3v) is 11.8. The first-order valence-corrected chi connectivity index (χ1v) is 20.3. The predicted octanol–water partition coefficient (Wildman–Crippen LogP) is 13.9. The molecule has 0 aliphatic heterocycles. The van der Waals surface area contributed by atoms with E-state index in [1.54, 1.807) is 0 Å². The predicted molar refractivity (Wildman–Crippen MR) is 248 cm³/mol. The number of para-hydroxylation sites is 4. The van der Waals surface area contributed by atoms with Gasteiger partial charge < -0.3 is 9.13 Å². The SMILES string of the molecule is c1ccc(-c2nc(-c3cc(-n4c5ccccc5c5ccccc54)cc(-n4c5ccccc5c5ccccc54)c3)cc(-c3ccc(-c4cccnc4)c4ccccc34)n2)cc1. The molecule has 0 aliphatic carbocycles. The molecule has 60 heavy (non-hydrogen) atoms. The maximum atomic E-state index is 5.40. The van der Waals surface area contributed by atoms with Gasteiger partial charge in [0.25, 0.3) is 0 Å². The monoisotopic (exact) mass is 765 g/mol. The van der Waals surface area contributed by atoms with Gasteiger partial charge in [-0.15, -0.1) is 0 Å². The second-order valence-corrected chi connectivity index (χ2v) is 15.3. The van der Waals surface area contributed by atoms with Gasteiger partial charge >= 0.3 is 0 Å². The van der Waals surface area contributed by atoms with Crippen molar-refractivity contribution in [2.75, 3.05) is 0 Å². The first-order valence-electron chi connectivity index (χ1n) is 20.3. The van der Waals surface area contributed by atoms with Crippen LogP contribution in [0.2, 0.25) is 0 Å². The van der Waals surface area contributed by atoms with Crippen molar-refractivity contribution in [3.8, 4) is 56.4 Å². The highest BCUT2D eigenvalue weighted by molar-refractivity contribution is 6.11. The second kappa shape index (κ2) is 13.8. The second-order valence-electron chi connectivity index (χ2n) is 15.3. The average molecular weight is 766 g/mol. The van der Waals surface area contributed by atoms with Crippen molar-refractivity contribution in [2.24, 2.45) is 0 Å². The molecule has 0 bridgehead atoms. The highest BCUT2D eigenvalue weighted by Crippen LogP contribution is 2.40. The number of hydrogen-bond acceptors (Lipinski definition) is 3. The Morgan fingerprint density at radius 2 is 0.767 bits per heavy atom. The van der Waals surface area contributed by atoms with Gasteiger partial charge in [0.05, 0.1) is 33.5 Å². The highest BCUT2D eigenvalue weighted by atomic mass is 15.0. The lowest BCUT2D eigenvalue weighted by molar-refractivity contribution is 1.13. The lowest BCUT2D eigenvalue weighted by Gasteiger charge is -2.17. The minimum Gasteiger partial charge on any atom is -0.309 e. The number of aromatic nitrogens is 5. The van der Waals surface area contributed by atoms with Crippen molar-refractivity contribution in [1.82, 2.24) is 24.1 Å². The van der Waals surface area contributed by atoms with Crippen LogP contribution >= 0.6 is 0 Å². The maximum Gasteiger partial charge on any atom is 0.160 e. The zero-order valence-corrected chi connectivity index (χ0v) is 32.4. The number of nitrogens with zero attached hydrogens (tertiary/aromatic N) is 5. The summed E-state index contributed by atoms with van der Waals surface area (Å²) in [6.45, 7) is 0. The molecule has 12 aromatic rings. The molecule has 0 amide bonds. The standard InChI is InChI=1S/C55H35N5/c1-2-15-36(16-3-1)55-57-49(34-50(58-55)44-29-28-41(37-17-14-30-56-35-37)42-18-4-5-19-43(42)44)38-31-39(59-51-24-10-6-20-45(51)46-21-7-11-25-52(46)59)33-40(32-38)60-53-26-12-8-22-47(53)48-23-9-13-27-54(48)60/h1-35H. The van der Waals surface area contributed by atoms with Gasteiger partial charge in [0.2, 0.25) is 0 Å². The molecular formula is C55H35N5. The average Bonchev–Trinajstić information content (AvgIpc) is 3.85. The fourth-order valence-corrected chi connectivity index (χ4v) is 9.15. The van der Waals surface area contributed by atoms with Crippen LogP contribution < -0.4 is 0 Å². The molecule has 5 nitrogen and oxygen atoms in total. The molecule has 0 atom stereocenters. The molecule has 12 rings (SSSR count). The Kier molecular flexibility index (Phi) is 7.78. The number of hydrogen-bond donors (Lipinski definition) is 0. The third-order valence-electron chi connectivity index (χ3n) is 11.8. The maximum absolute atomic E-state index is 5.40. The van der Waals surface area contributed by atoms with Crippen LogP contribution in [0, 0.1) is 0 Å². The quantitative estimate of drug-likeness (QED) is 0.169. The van der Waals surface area contributed by atoms with Crippen molar-refractivity contribution < 1.29 is 0 Å². The normalized spacial score (nSPS) is 11.7. The molecular weight excluding hydrogens is 731 g/mol. The third kappa shape index (κ3) is 5.44. The van der Waals surface area contributed by atoms with Crippen LogP contribution in [0.5, 0.6) is 0 Å². The summed E-state index contributed by atoms with van der Waals surface area (Å²) in [6.07, 6.45) is 3.74. The van der Waals surface area contributed by atoms with Crippen LogP contribution in [-0.4, -0.2) is 24.1 Å². The van der Waals surface area contributed by atoms with Crippen molar-refractivity contribution in [1.29, 1.82) is 0 Å². The molecule has 4 aromatic heterocycles. The zero-order chi connectivity index (χ0) is 39.6. The smallest absolute Gasteiger partial charge is 0.160 e. The summed E-state index contributed by atoms with van der Waals surface area (Å²) in [4.78, 5) is 15.2. The van der Waals surface area contributed by atoms with Crippen LogP contribution in [-0.2, 0) is 0 Å². The Hall–Kier alpha value is -8.15. The number of fused-ring (bicyclic) bond motifs is 7. The summed E-state index contributed by atoms with van der Waals surface area (Å²) in [5, 5.41) is 7.13. The van der Waals surface area contributed by atoms with E-state index in [-0.39, 0.29) is 0 Å². The molecule has 0 saturated carbocycles. The minimum atomic E-state index is 0.671. The first kappa shape index (κ1) is 33.9. The largest absolute Gasteiger partial charge is 0.309 e. The Morgan fingerprint density at radius 1 is 0.317 bits per heavy atom. The highest BCUT2D eigenvalue weighted by Gasteiger charge is 2.20. The van der Waals surface area contributed by atoms with Crippen LogP contribution in [0.1, 0.15) is 0 Å². The van der Waals surface area contributed by atoms with E-state index in [1.165, 1.54) is 21.5 Å². The van der Waals surface area contributed by atoms with Gasteiger partial charge in [-0.25, -0.2) is 9.97 Å². The summed E-state index contributed by atoms with van der Waals surface area (Å²) in [5.74, 6) is 0.671. The molecule has 8 aromatic carbocycles. The van der Waals surface area contributed by atoms with Crippen LogP contribution in [0.3, 0.4) is 0 Å². The van der Waals surface area contributed by atoms with E-state index in [1.807, 2.05) is 36.7 Å². The topological polar surface area (TPSA) is 48.5 Å². The van der Waals surface area contributed by atoms with E-state index in [9.17, 15) is 0 Å². The number of rotatable bonds is 6. The van der Waals surface area contributed by atoms with Crippen LogP contribution in [0.4, 0.5) is 0 Å². The van der Waals surface area contributed by atoms with E-state index >= 15 is 0 Å². The summed E-state index contributed by atoms with van der Waals surface area (Å²) in [6, 6.07) is 71.2. The molecule has 4 heterocycles.